The maximum absolute atomic E-state index is 12.1. The highest BCUT2D eigenvalue weighted by Gasteiger charge is 2.20. The molecule has 2 aromatic rings. The second-order valence-corrected chi connectivity index (χ2v) is 9.45. The molecule has 0 aliphatic carbocycles. The van der Waals surface area contributed by atoms with E-state index in [4.69, 9.17) is 34.8 Å². The molecule has 152 valence electrons. The van der Waals surface area contributed by atoms with Crippen LogP contribution < -0.4 is 9.62 Å². The number of amides is 1. The van der Waals surface area contributed by atoms with Crippen molar-refractivity contribution in [1.29, 1.82) is 0 Å². The molecule has 0 fully saturated rings. The maximum Gasteiger partial charge on any atom is 0.232 e. The summed E-state index contributed by atoms with van der Waals surface area (Å²) in [5.74, 6) is -0.135. The molecule has 0 bridgehead atoms. The van der Waals surface area contributed by atoms with E-state index in [0.29, 0.717) is 35.1 Å². The third-order valence-corrected chi connectivity index (χ3v) is 5.96. The maximum atomic E-state index is 12.1. The Morgan fingerprint density at radius 2 is 1.68 bits per heavy atom. The van der Waals surface area contributed by atoms with Crippen molar-refractivity contribution in [3.05, 3.63) is 63.1 Å². The molecule has 1 N–H and O–H groups in total. The summed E-state index contributed by atoms with van der Waals surface area (Å²) >= 11 is 17.8. The van der Waals surface area contributed by atoms with Crippen LogP contribution in [0.15, 0.2) is 42.5 Å². The zero-order valence-electron chi connectivity index (χ0n) is 15.3. The van der Waals surface area contributed by atoms with E-state index in [9.17, 15) is 13.2 Å². The molecule has 0 spiro atoms. The highest BCUT2D eigenvalue weighted by Crippen LogP contribution is 2.30. The summed E-state index contributed by atoms with van der Waals surface area (Å²) in [6.07, 6.45) is 2.36. The fourth-order valence-electron chi connectivity index (χ4n) is 2.62. The van der Waals surface area contributed by atoms with Crippen LogP contribution in [0.25, 0.3) is 0 Å². The van der Waals surface area contributed by atoms with Gasteiger partial charge >= 0.3 is 0 Å². The molecule has 2 rings (SSSR count). The van der Waals surface area contributed by atoms with Crippen molar-refractivity contribution < 1.29 is 13.2 Å². The molecule has 2 aromatic carbocycles. The number of hydrogen-bond donors (Lipinski definition) is 1. The number of halogens is 3. The summed E-state index contributed by atoms with van der Waals surface area (Å²) in [7, 11) is -3.54. The van der Waals surface area contributed by atoms with Crippen molar-refractivity contribution in [3.63, 3.8) is 0 Å². The zero-order chi connectivity index (χ0) is 20.7. The number of rotatable bonds is 9. The van der Waals surface area contributed by atoms with Crippen LogP contribution in [0.3, 0.4) is 0 Å². The first-order valence-corrected chi connectivity index (χ1v) is 11.6. The fourth-order valence-corrected chi connectivity index (χ4v) is 4.28. The zero-order valence-corrected chi connectivity index (χ0v) is 18.4. The van der Waals surface area contributed by atoms with Gasteiger partial charge in [-0.05, 0) is 48.7 Å². The Hall–Kier alpha value is -1.47. The summed E-state index contributed by atoms with van der Waals surface area (Å²) in [5.41, 5.74) is 1.42. The summed E-state index contributed by atoms with van der Waals surface area (Å²) in [4.78, 5) is 12.0. The molecule has 0 saturated heterocycles. The van der Waals surface area contributed by atoms with E-state index in [0.717, 1.165) is 11.8 Å². The molecular formula is C19H21Cl3N2O3S. The third kappa shape index (κ3) is 7.17. The highest BCUT2D eigenvalue weighted by molar-refractivity contribution is 7.92. The van der Waals surface area contributed by atoms with Gasteiger partial charge in [-0.3, -0.25) is 9.10 Å². The first-order chi connectivity index (χ1) is 13.2. The van der Waals surface area contributed by atoms with E-state index < -0.39 is 10.0 Å². The molecule has 0 unspecified atom stereocenters. The molecule has 0 aromatic heterocycles. The van der Waals surface area contributed by atoms with Gasteiger partial charge in [-0.2, -0.15) is 0 Å². The molecule has 28 heavy (non-hydrogen) atoms. The predicted molar refractivity (Wildman–Crippen MR) is 116 cm³/mol. The molecule has 0 aliphatic rings. The second-order valence-electron chi connectivity index (χ2n) is 6.26. The Morgan fingerprint density at radius 3 is 2.29 bits per heavy atom. The van der Waals surface area contributed by atoms with Crippen molar-refractivity contribution in [1.82, 2.24) is 5.32 Å². The number of benzene rings is 2. The lowest BCUT2D eigenvalue weighted by atomic mass is 10.1. The van der Waals surface area contributed by atoms with Gasteiger partial charge in [0.1, 0.15) is 0 Å². The Morgan fingerprint density at radius 1 is 1.04 bits per heavy atom. The summed E-state index contributed by atoms with van der Waals surface area (Å²) in [5, 5.41) is 4.16. The van der Waals surface area contributed by atoms with Gasteiger partial charge in [0.2, 0.25) is 15.9 Å². The van der Waals surface area contributed by atoms with Crippen LogP contribution in [0.5, 0.6) is 0 Å². The molecule has 0 heterocycles. The van der Waals surface area contributed by atoms with E-state index in [2.05, 4.69) is 5.32 Å². The molecule has 0 radical (unpaired) electrons. The van der Waals surface area contributed by atoms with Gasteiger partial charge in [-0.15, -0.1) is 0 Å². The largest absolute Gasteiger partial charge is 0.356 e. The molecular weight excluding hydrogens is 443 g/mol. The minimum atomic E-state index is -3.54. The first-order valence-electron chi connectivity index (χ1n) is 8.61. The van der Waals surface area contributed by atoms with Crippen LogP contribution in [0.2, 0.25) is 15.1 Å². The average molecular weight is 464 g/mol. The van der Waals surface area contributed by atoms with Crippen molar-refractivity contribution in [2.75, 3.05) is 23.7 Å². The monoisotopic (exact) mass is 462 g/mol. The lowest BCUT2D eigenvalue weighted by molar-refractivity contribution is -0.121. The van der Waals surface area contributed by atoms with Crippen molar-refractivity contribution in [2.45, 2.75) is 19.3 Å². The van der Waals surface area contributed by atoms with Crippen LogP contribution in [-0.4, -0.2) is 33.7 Å². The number of anilines is 1. The fraction of sp³-hybridized carbons (Fsp3) is 0.316. The predicted octanol–water partition coefficient (Wildman–Crippen LogP) is 4.55. The van der Waals surface area contributed by atoms with Crippen molar-refractivity contribution in [2.24, 2.45) is 0 Å². The number of sulfonamides is 1. The minimum Gasteiger partial charge on any atom is -0.356 e. The van der Waals surface area contributed by atoms with Crippen LogP contribution in [0, 0.1) is 0 Å². The minimum absolute atomic E-state index is 0.135. The summed E-state index contributed by atoms with van der Waals surface area (Å²) in [6, 6.07) is 12.0. The number of nitrogens with one attached hydrogen (secondary N) is 1. The van der Waals surface area contributed by atoms with Gasteiger partial charge < -0.3 is 5.32 Å². The summed E-state index contributed by atoms with van der Waals surface area (Å²) < 4.78 is 25.4. The van der Waals surface area contributed by atoms with E-state index in [1.54, 1.807) is 24.3 Å². The lowest BCUT2D eigenvalue weighted by Gasteiger charge is -2.23. The highest BCUT2D eigenvalue weighted by atomic mass is 35.5. The number of carbonyl (C=O) groups excluding carboxylic acids is 1. The van der Waals surface area contributed by atoms with Crippen LogP contribution in [0.1, 0.15) is 18.4 Å². The third-order valence-electron chi connectivity index (χ3n) is 3.99. The SMILES string of the molecule is CS(=O)(=O)N(CCCC(=O)NCCc1ccc(Cl)cc1)c1ccc(Cl)cc1Cl. The van der Waals surface area contributed by atoms with Gasteiger partial charge in [0.05, 0.1) is 17.0 Å². The van der Waals surface area contributed by atoms with E-state index >= 15 is 0 Å². The molecule has 1 amide bonds. The quantitative estimate of drug-likeness (QED) is 0.593. The number of hydrogen-bond acceptors (Lipinski definition) is 3. The normalized spacial score (nSPS) is 11.3. The van der Waals surface area contributed by atoms with Crippen molar-refractivity contribution >= 4 is 56.4 Å². The number of carbonyl (C=O) groups is 1. The molecule has 0 atom stereocenters. The van der Waals surface area contributed by atoms with Gasteiger partial charge in [-0.1, -0.05) is 46.9 Å². The number of nitrogens with zero attached hydrogens (tertiary/aromatic N) is 1. The van der Waals surface area contributed by atoms with E-state index in [1.165, 1.54) is 10.4 Å². The van der Waals surface area contributed by atoms with Gasteiger partial charge in [-0.25, -0.2) is 8.42 Å². The summed E-state index contributed by atoms with van der Waals surface area (Å²) in [6.45, 7) is 0.643. The topological polar surface area (TPSA) is 66.5 Å². The van der Waals surface area contributed by atoms with Crippen LogP contribution in [0.4, 0.5) is 5.69 Å². The van der Waals surface area contributed by atoms with E-state index in [1.807, 2.05) is 12.1 Å². The lowest BCUT2D eigenvalue weighted by Crippen LogP contribution is -2.32. The standard InChI is InChI=1S/C19H21Cl3N2O3S/c1-28(26,27)24(18-9-8-16(21)13-17(18)22)12-2-3-19(25)23-11-10-14-4-6-15(20)7-5-14/h4-9,13H,2-3,10-12H2,1H3,(H,23,25). The molecule has 5 nitrogen and oxygen atoms in total. The average Bonchev–Trinajstić information content (AvgIpc) is 2.60. The van der Waals surface area contributed by atoms with Gasteiger partial charge in [0.25, 0.3) is 0 Å². The Balaban J connectivity index is 1.84. The molecule has 0 aliphatic heterocycles. The van der Waals surface area contributed by atoms with Gasteiger partial charge in [0, 0.05) is 29.6 Å². The van der Waals surface area contributed by atoms with Crippen LogP contribution >= 0.6 is 34.8 Å². The smallest absolute Gasteiger partial charge is 0.232 e. The Kier molecular flexibility index (Phi) is 8.43. The van der Waals surface area contributed by atoms with E-state index in [-0.39, 0.29) is 23.9 Å². The van der Waals surface area contributed by atoms with Crippen LogP contribution in [-0.2, 0) is 21.2 Å². The first kappa shape index (κ1) is 22.8. The van der Waals surface area contributed by atoms with Gasteiger partial charge in [0.15, 0.2) is 0 Å². The Bertz CT molecular complexity index is 919. The molecule has 9 heteroatoms. The molecule has 0 saturated carbocycles. The Labute approximate surface area is 180 Å². The second kappa shape index (κ2) is 10.3. The van der Waals surface area contributed by atoms with Crippen molar-refractivity contribution in [3.8, 4) is 0 Å².